The lowest BCUT2D eigenvalue weighted by Crippen LogP contribution is -2.25. The first-order valence-corrected chi connectivity index (χ1v) is 9.29. The number of aromatic nitrogens is 3. The number of pyridine rings is 1. The van der Waals surface area contributed by atoms with E-state index in [2.05, 4.69) is 27.4 Å². The van der Waals surface area contributed by atoms with E-state index in [1.165, 1.54) is 6.07 Å². The minimum absolute atomic E-state index is 0.0657. The van der Waals surface area contributed by atoms with Crippen molar-refractivity contribution in [3.63, 3.8) is 0 Å². The van der Waals surface area contributed by atoms with Crippen LogP contribution < -0.4 is 5.32 Å². The summed E-state index contributed by atoms with van der Waals surface area (Å²) in [7, 11) is 1.71. The highest BCUT2D eigenvalue weighted by atomic mass is 35.5. The fraction of sp³-hybridized carbons (Fsp3) is 0.350. The first kappa shape index (κ1) is 19.3. The summed E-state index contributed by atoms with van der Waals surface area (Å²) in [6.07, 6.45) is 5.39. The molecule has 2 atom stereocenters. The van der Waals surface area contributed by atoms with Gasteiger partial charge in [-0.15, -0.1) is 10.2 Å². The zero-order valence-electron chi connectivity index (χ0n) is 15.6. The van der Waals surface area contributed by atoms with Crippen molar-refractivity contribution < 1.29 is 9.84 Å². The lowest BCUT2D eigenvalue weighted by molar-refractivity contribution is 0.106. The molecule has 0 saturated heterocycles. The Balaban J connectivity index is 2.03. The smallest absolute Gasteiger partial charge is 0.158 e. The van der Waals surface area contributed by atoms with Crippen LogP contribution in [0.4, 0.5) is 5.82 Å². The molecule has 3 aromatic rings. The van der Waals surface area contributed by atoms with Crippen molar-refractivity contribution >= 4 is 28.2 Å². The molecule has 3 rings (SSSR count). The molecule has 7 heteroatoms. The number of phenols is 1. The Morgan fingerprint density at radius 2 is 2.04 bits per heavy atom. The minimum atomic E-state index is 0.0657. The second kappa shape index (κ2) is 8.50. The molecule has 2 N–H and O–H groups in total. The van der Waals surface area contributed by atoms with Gasteiger partial charge in [0.1, 0.15) is 11.4 Å². The highest BCUT2D eigenvalue weighted by Gasteiger charge is 2.17. The standard InChI is InChI=1S/C20H23ClN4O2/c1-4-14(9-12(2)27-3)23-20-17-11-22-8-7-15(17)19(24-25-20)16-6-5-13(21)10-18(16)26/h5-8,10-12,14,26H,4,9H2,1-3H3,(H,23,25). The molecule has 6 nitrogen and oxygen atoms in total. The van der Waals surface area contributed by atoms with E-state index in [0.717, 1.165) is 23.6 Å². The molecule has 0 aliphatic carbocycles. The maximum atomic E-state index is 10.3. The van der Waals surface area contributed by atoms with Crippen LogP contribution in [0.1, 0.15) is 26.7 Å². The number of ether oxygens (including phenoxy) is 1. The normalized spacial score (nSPS) is 13.5. The molecule has 0 amide bonds. The van der Waals surface area contributed by atoms with Crippen LogP contribution in [0.25, 0.3) is 22.0 Å². The van der Waals surface area contributed by atoms with Crippen molar-refractivity contribution in [3.8, 4) is 17.0 Å². The summed E-state index contributed by atoms with van der Waals surface area (Å²) in [5, 5.41) is 24.7. The molecule has 0 spiro atoms. The van der Waals surface area contributed by atoms with E-state index in [9.17, 15) is 5.11 Å². The number of aromatic hydroxyl groups is 1. The Morgan fingerprint density at radius 1 is 1.22 bits per heavy atom. The molecular formula is C20H23ClN4O2. The van der Waals surface area contributed by atoms with E-state index < -0.39 is 0 Å². The topological polar surface area (TPSA) is 80.2 Å². The Morgan fingerprint density at radius 3 is 2.74 bits per heavy atom. The van der Waals surface area contributed by atoms with E-state index in [-0.39, 0.29) is 17.9 Å². The molecule has 2 heterocycles. The van der Waals surface area contributed by atoms with Gasteiger partial charge in [0.15, 0.2) is 5.82 Å². The van der Waals surface area contributed by atoms with E-state index in [1.54, 1.807) is 31.6 Å². The van der Waals surface area contributed by atoms with E-state index in [1.807, 2.05) is 13.0 Å². The van der Waals surface area contributed by atoms with Crippen LogP contribution in [0, 0.1) is 0 Å². The number of phenolic OH excluding ortho intramolecular Hbond substituents is 1. The molecule has 0 aliphatic heterocycles. The SMILES string of the molecule is CCC(CC(C)OC)Nc1nnc(-c2ccc(Cl)cc2O)c2ccncc12. The number of rotatable bonds is 7. The quantitative estimate of drug-likeness (QED) is 0.614. The third-order valence-electron chi connectivity index (χ3n) is 4.65. The molecule has 2 unspecified atom stereocenters. The molecule has 142 valence electrons. The molecule has 27 heavy (non-hydrogen) atoms. The maximum Gasteiger partial charge on any atom is 0.158 e. The second-order valence-electron chi connectivity index (χ2n) is 6.51. The summed E-state index contributed by atoms with van der Waals surface area (Å²) < 4.78 is 5.38. The number of nitrogens with one attached hydrogen (secondary N) is 1. The monoisotopic (exact) mass is 386 g/mol. The molecule has 0 fully saturated rings. The van der Waals surface area contributed by atoms with Crippen LogP contribution in [-0.4, -0.2) is 39.5 Å². The number of anilines is 1. The third-order valence-corrected chi connectivity index (χ3v) is 4.88. The van der Waals surface area contributed by atoms with Gasteiger partial charge in [0.05, 0.1) is 6.10 Å². The van der Waals surface area contributed by atoms with Crippen LogP contribution in [-0.2, 0) is 4.74 Å². The first-order chi connectivity index (χ1) is 13.0. The molecule has 0 radical (unpaired) electrons. The van der Waals surface area contributed by atoms with Crippen LogP contribution >= 0.6 is 11.6 Å². The average Bonchev–Trinajstić information content (AvgIpc) is 2.68. The summed E-state index contributed by atoms with van der Waals surface area (Å²) in [4.78, 5) is 4.24. The summed E-state index contributed by atoms with van der Waals surface area (Å²) >= 11 is 5.95. The number of hydrogen-bond donors (Lipinski definition) is 2. The maximum absolute atomic E-state index is 10.3. The Labute approximate surface area is 163 Å². The van der Waals surface area contributed by atoms with Gasteiger partial charge in [-0.3, -0.25) is 4.98 Å². The van der Waals surface area contributed by atoms with Crippen molar-refractivity contribution in [1.82, 2.24) is 15.2 Å². The van der Waals surface area contributed by atoms with Gasteiger partial charge < -0.3 is 15.2 Å². The van der Waals surface area contributed by atoms with Gasteiger partial charge in [-0.05, 0) is 44.0 Å². The number of fused-ring (bicyclic) bond motifs is 1. The van der Waals surface area contributed by atoms with Crippen molar-refractivity contribution in [2.24, 2.45) is 0 Å². The highest BCUT2D eigenvalue weighted by Crippen LogP contribution is 2.35. The van der Waals surface area contributed by atoms with Gasteiger partial charge in [-0.1, -0.05) is 18.5 Å². The zero-order valence-corrected chi connectivity index (χ0v) is 16.4. The van der Waals surface area contributed by atoms with Crippen molar-refractivity contribution in [3.05, 3.63) is 41.7 Å². The largest absolute Gasteiger partial charge is 0.507 e. The average molecular weight is 387 g/mol. The summed E-state index contributed by atoms with van der Waals surface area (Å²) in [6, 6.07) is 7.03. The molecule has 0 bridgehead atoms. The molecule has 0 saturated carbocycles. The van der Waals surface area contributed by atoms with E-state index in [4.69, 9.17) is 16.3 Å². The Kier molecular flexibility index (Phi) is 6.08. The lowest BCUT2D eigenvalue weighted by atomic mass is 10.0. The van der Waals surface area contributed by atoms with Gasteiger partial charge in [0.2, 0.25) is 0 Å². The lowest BCUT2D eigenvalue weighted by Gasteiger charge is -2.21. The third kappa shape index (κ3) is 4.28. The van der Waals surface area contributed by atoms with Gasteiger partial charge in [0.25, 0.3) is 0 Å². The number of benzene rings is 1. The second-order valence-corrected chi connectivity index (χ2v) is 6.95. The van der Waals surface area contributed by atoms with Crippen molar-refractivity contribution in [2.75, 3.05) is 12.4 Å². The highest BCUT2D eigenvalue weighted by molar-refractivity contribution is 6.30. The predicted molar refractivity (Wildman–Crippen MR) is 108 cm³/mol. The Bertz CT molecular complexity index is 935. The van der Waals surface area contributed by atoms with E-state index in [0.29, 0.717) is 22.1 Å². The molecule has 0 aliphatic rings. The molecule has 2 aromatic heterocycles. The van der Waals surface area contributed by atoms with Crippen LogP contribution in [0.2, 0.25) is 5.02 Å². The number of hydrogen-bond acceptors (Lipinski definition) is 6. The number of halogens is 1. The molecular weight excluding hydrogens is 364 g/mol. The summed E-state index contributed by atoms with van der Waals surface area (Å²) in [5.74, 6) is 0.737. The number of nitrogens with zero attached hydrogens (tertiary/aromatic N) is 3. The van der Waals surface area contributed by atoms with Gasteiger partial charge in [0, 0.05) is 46.9 Å². The van der Waals surface area contributed by atoms with Crippen LogP contribution in [0.5, 0.6) is 5.75 Å². The van der Waals surface area contributed by atoms with Crippen LogP contribution in [0.3, 0.4) is 0 Å². The van der Waals surface area contributed by atoms with E-state index >= 15 is 0 Å². The summed E-state index contributed by atoms with van der Waals surface area (Å²) in [6.45, 7) is 4.16. The van der Waals surface area contributed by atoms with Crippen molar-refractivity contribution in [1.29, 1.82) is 0 Å². The first-order valence-electron chi connectivity index (χ1n) is 8.92. The fourth-order valence-electron chi connectivity index (χ4n) is 3.03. The minimum Gasteiger partial charge on any atom is -0.507 e. The Hall–Kier alpha value is -2.44. The fourth-order valence-corrected chi connectivity index (χ4v) is 3.19. The van der Waals surface area contributed by atoms with Crippen LogP contribution in [0.15, 0.2) is 36.7 Å². The van der Waals surface area contributed by atoms with Gasteiger partial charge in [-0.25, -0.2) is 0 Å². The summed E-state index contributed by atoms with van der Waals surface area (Å²) in [5.41, 5.74) is 1.17. The van der Waals surface area contributed by atoms with Gasteiger partial charge >= 0.3 is 0 Å². The number of methoxy groups -OCH3 is 1. The van der Waals surface area contributed by atoms with Gasteiger partial charge in [-0.2, -0.15) is 0 Å². The molecule has 1 aromatic carbocycles. The predicted octanol–water partition coefficient (Wildman–Crippen LogP) is 4.67. The zero-order chi connectivity index (χ0) is 19.4. The van der Waals surface area contributed by atoms with Crippen molar-refractivity contribution in [2.45, 2.75) is 38.8 Å².